The number of methoxy groups -OCH3 is 3. The molecule has 0 bridgehead atoms. The highest BCUT2D eigenvalue weighted by Gasteiger charge is 2.33. The van der Waals surface area contributed by atoms with Crippen LogP contribution in [0, 0.1) is 11.3 Å². The Morgan fingerprint density at radius 1 is 1.22 bits per heavy atom. The summed E-state index contributed by atoms with van der Waals surface area (Å²) in [7, 11) is 4.77. The van der Waals surface area contributed by atoms with Crippen LogP contribution in [0.15, 0.2) is 12.1 Å². The van der Waals surface area contributed by atoms with E-state index in [1.807, 2.05) is 12.1 Å². The topological polar surface area (TPSA) is 54.5 Å². The van der Waals surface area contributed by atoms with Crippen LogP contribution in [-0.4, -0.2) is 38.8 Å². The maximum absolute atomic E-state index is 8.78. The van der Waals surface area contributed by atoms with Gasteiger partial charge in [0.1, 0.15) is 6.04 Å². The summed E-state index contributed by atoms with van der Waals surface area (Å²) >= 11 is 0. The number of hydrogen-bond donors (Lipinski definition) is 0. The molecule has 0 amide bonds. The SMILES string of the molecule is COc1cc(CN2CC2C#N)cc(OC)c1OC. The van der Waals surface area contributed by atoms with Crippen molar-refractivity contribution in [3.63, 3.8) is 0 Å². The molecule has 0 spiro atoms. The lowest BCUT2D eigenvalue weighted by atomic mass is 10.2. The van der Waals surface area contributed by atoms with Gasteiger partial charge in [0.05, 0.1) is 27.4 Å². The fourth-order valence-corrected chi connectivity index (χ4v) is 1.93. The maximum atomic E-state index is 8.78. The zero-order valence-electron chi connectivity index (χ0n) is 10.8. The largest absolute Gasteiger partial charge is 0.493 e. The standard InChI is InChI=1S/C13H16N2O3/c1-16-11-4-9(7-15-8-10(15)6-14)5-12(17-2)13(11)18-3/h4-5,10H,7-8H2,1-3H3. The zero-order chi connectivity index (χ0) is 13.1. The highest BCUT2D eigenvalue weighted by atomic mass is 16.5. The summed E-state index contributed by atoms with van der Waals surface area (Å²) in [5.41, 5.74) is 1.04. The van der Waals surface area contributed by atoms with Crippen LogP contribution < -0.4 is 14.2 Å². The van der Waals surface area contributed by atoms with Gasteiger partial charge in [0.25, 0.3) is 0 Å². The molecule has 5 nitrogen and oxygen atoms in total. The molecule has 1 aliphatic heterocycles. The summed E-state index contributed by atoms with van der Waals surface area (Å²) in [5, 5.41) is 8.78. The van der Waals surface area contributed by atoms with Crippen molar-refractivity contribution < 1.29 is 14.2 Å². The highest BCUT2D eigenvalue weighted by Crippen LogP contribution is 2.39. The van der Waals surface area contributed by atoms with Gasteiger partial charge in [0, 0.05) is 13.1 Å². The average molecular weight is 248 g/mol. The molecule has 96 valence electrons. The average Bonchev–Trinajstić information content (AvgIpc) is 3.15. The first-order chi connectivity index (χ1) is 8.73. The van der Waals surface area contributed by atoms with Crippen LogP contribution >= 0.6 is 0 Å². The van der Waals surface area contributed by atoms with Crippen molar-refractivity contribution >= 4 is 0 Å². The lowest BCUT2D eigenvalue weighted by Crippen LogP contribution is -2.03. The minimum atomic E-state index is 0.0455. The summed E-state index contributed by atoms with van der Waals surface area (Å²) in [6.45, 7) is 1.54. The minimum Gasteiger partial charge on any atom is -0.493 e. The molecule has 1 saturated heterocycles. The van der Waals surface area contributed by atoms with E-state index < -0.39 is 0 Å². The van der Waals surface area contributed by atoms with E-state index in [4.69, 9.17) is 19.5 Å². The Morgan fingerprint density at radius 2 is 1.83 bits per heavy atom. The molecule has 0 radical (unpaired) electrons. The molecule has 1 heterocycles. The molecule has 0 aromatic heterocycles. The van der Waals surface area contributed by atoms with E-state index in [9.17, 15) is 0 Å². The van der Waals surface area contributed by atoms with Gasteiger partial charge in [0.2, 0.25) is 5.75 Å². The Labute approximate surface area is 106 Å². The van der Waals surface area contributed by atoms with Crippen LogP contribution in [0.2, 0.25) is 0 Å². The first-order valence-corrected chi connectivity index (χ1v) is 5.66. The minimum absolute atomic E-state index is 0.0455. The van der Waals surface area contributed by atoms with E-state index in [1.165, 1.54) is 0 Å². The molecule has 1 aromatic carbocycles. The fraction of sp³-hybridized carbons (Fsp3) is 0.462. The van der Waals surface area contributed by atoms with Gasteiger partial charge in [-0.15, -0.1) is 0 Å². The van der Waals surface area contributed by atoms with E-state index in [2.05, 4.69) is 11.0 Å². The molecule has 5 heteroatoms. The number of rotatable bonds is 5. The first kappa shape index (κ1) is 12.5. The lowest BCUT2D eigenvalue weighted by Gasteiger charge is -2.14. The first-order valence-electron chi connectivity index (χ1n) is 5.66. The second kappa shape index (κ2) is 5.15. The number of nitrogens with zero attached hydrogens (tertiary/aromatic N) is 2. The van der Waals surface area contributed by atoms with E-state index >= 15 is 0 Å². The molecule has 0 saturated carbocycles. The Bertz CT molecular complexity index is 457. The van der Waals surface area contributed by atoms with Crippen molar-refractivity contribution in [1.82, 2.24) is 4.90 Å². The molecule has 2 unspecified atom stereocenters. The number of nitriles is 1. The maximum Gasteiger partial charge on any atom is 0.203 e. The Morgan fingerprint density at radius 3 is 2.22 bits per heavy atom. The third-order valence-electron chi connectivity index (χ3n) is 2.97. The molecule has 1 fully saturated rings. The van der Waals surface area contributed by atoms with Crippen molar-refractivity contribution in [3.05, 3.63) is 17.7 Å². The van der Waals surface area contributed by atoms with Gasteiger partial charge in [-0.3, -0.25) is 4.90 Å². The van der Waals surface area contributed by atoms with Gasteiger partial charge in [-0.25, -0.2) is 0 Å². The van der Waals surface area contributed by atoms with Gasteiger partial charge in [-0.2, -0.15) is 5.26 Å². The summed E-state index contributed by atoms with van der Waals surface area (Å²) in [5.74, 6) is 1.87. The molecule has 2 rings (SSSR count). The van der Waals surface area contributed by atoms with Crippen LogP contribution in [0.25, 0.3) is 0 Å². The van der Waals surface area contributed by atoms with Gasteiger partial charge in [-0.1, -0.05) is 0 Å². The van der Waals surface area contributed by atoms with Gasteiger partial charge < -0.3 is 14.2 Å². The lowest BCUT2D eigenvalue weighted by molar-refractivity contribution is 0.323. The zero-order valence-corrected chi connectivity index (χ0v) is 10.8. The van der Waals surface area contributed by atoms with Gasteiger partial charge in [-0.05, 0) is 17.7 Å². The van der Waals surface area contributed by atoms with Crippen molar-refractivity contribution in [2.24, 2.45) is 0 Å². The number of benzene rings is 1. The van der Waals surface area contributed by atoms with Crippen molar-refractivity contribution in [3.8, 4) is 23.3 Å². The monoisotopic (exact) mass is 248 g/mol. The van der Waals surface area contributed by atoms with Crippen LogP contribution in [0.1, 0.15) is 5.56 Å². The summed E-state index contributed by atoms with van der Waals surface area (Å²) in [6, 6.07) is 6.09. The third-order valence-corrected chi connectivity index (χ3v) is 2.97. The van der Waals surface area contributed by atoms with E-state index in [1.54, 1.807) is 21.3 Å². The van der Waals surface area contributed by atoms with Crippen molar-refractivity contribution in [1.29, 1.82) is 5.26 Å². The van der Waals surface area contributed by atoms with Crippen LogP contribution in [0.5, 0.6) is 17.2 Å². The predicted molar refractivity (Wildman–Crippen MR) is 65.9 cm³/mol. The van der Waals surface area contributed by atoms with E-state index in [-0.39, 0.29) is 6.04 Å². The Kier molecular flexibility index (Phi) is 3.58. The van der Waals surface area contributed by atoms with Crippen molar-refractivity contribution in [2.75, 3.05) is 27.9 Å². The van der Waals surface area contributed by atoms with Crippen LogP contribution in [0.4, 0.5) is 0 Å². The summed E-state index contributed by atoms with van der Waals surface area (Å²) in [6.07, 6.45) is 0. The molecule has 1 aliphatic rings. The molecular formula is C13H16N2O3. The van der Waals surface area contributed by atoms with Gasteiger partial charge >= 0.3 is 0 Å². The third kappa shape index (κ3) is 2.34. The molecule has 0 N–H and O–H groups in total. The molecule has 2 atom stereocenters. The Hall–Kier alpha value is -1.93. The summed E-state index contributed by atoms with van der Waals surface area (Å²) < 4.78 is 15.8. The van der Waals surface area contributed by atoms with E-state index in [0.29, 0.717) is 17.2 Å². The normalized spacial score (nSPS) is 21.0. The van der Waals surface area contributed by atoms with Crippen molar-refractivity contribution in [2.45, 2.75) is 12.6 Å². The predicted octanol–water partition coefficient (Wildman–Crippen LogP) is 1.42. The quantitative estimate of drug-likeness (QED) is 0.738. The smallest absolute Gasteiger partial charge is 0.203 e. The molecular weight excluding hydrogens is 232 g/mol. The van der Waals surface area contributed by atoms with Crippen LogP contribution in [0.3, 0.4) is 0 Å². The number of hydrogen-bond acceptors (Lipinski definition) is 5. The summed E-state index contributed by atoms with van der Waals surface area (Å²) in [4.78, 5) is 2.07. The van der Waals surface area contributed by atoms with Crippen LogP contribution in [-0.2, 0) is 6.54 Å². The molecule has 0 aliphatic carbocycles. The fourth-order valence-electron chi connectivity index (χ4n) is 1.93. The second-order valence-corrected chi connectivity index (χ2v) is 4.11. The molecule has 1 aromatic rings. The Balaban J connectivity index is 2.24. The highest BCUT2D eigenvalue weighted by molar-refractivity contribution is 5.53. The van der Waals surface area contributed by atoms with E-state index in [0.717, 1.165) is 18.7 Å². The number of ether oxygens (including phenoxy) is 3. The van der Waals surface area contributed by atoms with Gasteiger partial charge in [0.15, 0.2) is 11.5 Å². The molecule has 18 heavy (non-hydrogen) atoms. The second-order valence-electron chi connectivity index (χ2n) is 4.11.